The topological polar surface area (TPSA) is 29.1 Å². The molecular formula is C7H12INO. The summed E-state index contributed by atoms with van der Waals surface area (Å²) in [6, 6.07) is 0. The van der Waals surface area contributed by atoms with Gasteiger partial charge in [-0.15, -0.1) is 0 Å². The lowest BCUT2D eigenvalue weighted by Gasteiger charge is -2.10. The Bertz CT molecular complexity index is 134. The van der Waals surface area contributed by atoms with Crippen molar-refractivity contribution >= 4 is 28.4 Å². The molecule has 0 radical (unpaired) electrons. The van der Waals surface area contributed by atoms with Crippen molar-refractivity contribution in [3.8, 4) is 0 Å². The van der Waals surface area contributed by atoms with Crippen LogP contribution >= 0.6 is 22.6 Å². The Hall–Kier alpha value is -0.0600. The predicted octanol–water partition coefficient (Wildman–Crippen LogP) is 1.71. The van der Waals surface area contributed by atoms with Gasteiger partial charge in [0.2, 0.25) is 0 Å². The van der Waals surface area contributed by atoms with Gasteiger partial charge in [0, 0.05) is 5.92 Å². The van der Waals surface area contributed by atoms with Gasteiger partial charge in [0.05, 0.1) is 0 Å². The maximum absolute atomic E-state index is 11.1. The average Bonchev–Trinajstić information content (AvgIpc) is 1.87. The number of carbonyl (C=O) groups is 1. The molecule has 0 fully saturated rings. The van der Waals surface area contributed by atoms with Crippen LogP contribution in [0.3, 0.4) is 0 Å². The second kappa shape index (κ2) is 4.71. The van der Waals surface area contributed by atoms with E-state index in [0.717, 1.165) is 0 Å². The first-order valence-electron chi connectivity index (χ1n) is 3.14. The maximum atomic E-state index is 11.1. The first-order chi connectivity index (χ1) is 4.59. The van der Waals surface area contributed by atoms with Gasteiger partial charge in [0.25, 0.3) is 0 Å². The number of rotatable bonds is 4. The molecule has 0 heterocycles. The van der Waals surface area contributed by atoms with Crippen molar-refractivity contribution < 1.29 is 4.79 Å². The predicted molar refractivity (Wildman–Crippen MR) is 51.0 cm³/mol. The number of Topliss-reactive ketones (excluding diaryl/α,β-unsaturated/α-hetero) is 1. The van der Waals surface area contributed by atoms with Crippen molar-refractivity contribution in [2.45, 2.75) is 17.9 Å². The lowest BCUT2D eigenvalue weighted by atomic mass is 10.1. The van der Waals surface area contributed by atoms with Crippen LogP contribution in [-0.4, -0.2) is 9.83 Å². The van der Waals surface area contributed by atoms with E-state index in [9.17, 15) is 4.79 Å². The molecule has 2 nitrogen and oxygen atoms in total. The molecule has 0 aliphatic heterocycles. The van der Waals surface area contributed by atoms with E-state index in [1.165, 1.54) is 6.20 Å². The quantitative estimate of drug-likeness (QED) is 0.469. The molecule has 0 spiro atoms. The van der Waals surface area contributed by atoms with E-state index in [4.69, 9.17) is 0 Å². The number of carbonyl (C=O) groups excluding carboxylic acids is 1. The third-order valence-electron chi connectivity index (χ3n) is 1.08. The largest absolute Gasteiger partial charge is 0.374 e. The van der Waals surface area contributed by atoms with Gasteiger partial charge < -0.3 is 5.32 Å². The minimum absolute atomic E-state index is 0.0920. The summed E-state index contributed by atoms with van der Waals surface area (Å²) in [5.41, 5.74) is 0. The van der Waals surface area contributed by atoms with Crippen molar-refractivity contribution in [3.63, 3.8) is 0 Å². The van der Waals surface area contributed by atoms with Crippen molar-refractivity contribution in [1.82, 2.24) is 5.32 Å². The summed E-state index contributed by atoms with van der Waals surface area (Å²) in [6.07, 6.45) is 1.54. The smallest absolute Gasteiger partial charge is 0.167 e. The second-order valence-electron chi connectivity index (χ2n) is 2.29. The molecule has 0 bridgehead atoms. The third kappa shape index (κ3) is 3.20. The van der Waals surface area contributed by atoms with E-state index in [1.54, 1.807) is 0 Å². The van der Waals surface area contributed by atoms with Crippen molar-refractivity contribution in [2.75, 3.05) is 0 Å². The van der Waals surface area contributed by atoms with Crippen LogP contribution in [0.15, 0.2) is 12.8 Å². The molecule has 3 heteroatoms. The van der Waals surface area contributed by atoms with Crippen molar-refractivity contribution in [1.29, 1.82) is 0 Å². The maximum Gasteiger partial charge on any atom is 0.167 e. The van der Waals surface area contributed by atoms with E-state index in [2.05, 4.69) is 34.5 Å². The van der Waals surface area contributed by atoms with Gasteiger partial charge in [-0.25, -0.2) is 0 Å². The Morgan fingerprint density at radius 2 is 2.20 bits per heavy atom. The van der Waals surface area contributed by atoms with Crippen LogP contribution in [0, 0.1) is 5.92 Å². The van der Waals surface area contributed by atoms with E-state index >= 15 is 0 Å². The highest BCUT2D eigenvalue weighted by Gasteiger charge is 2.15. The van der Waals surface area contributed by atoms with Gasteiger partial charge in [0.1, 0.15) is 4.05 Å². The molecule has 0 aromatic carbocycles. The molecule has 0 aromatic rings. The Balaban J connectivity index is 3.81. The normalized spacial score (nSPS) is 12.8. The fraction of sp³-hybridized carbons (Fsp3) is 0.571. The third-order valence-corrected chi connectivity index (χ3v) is 2.06. The Kier molecular flexibility index (Phi) is 4.68. The minimum Gasteiger partial charge on any atom is -0.374 e. The number of hydrogen-bond acceptors (Lipinski definition) is 2. The summed E-state index contributed by atoms with van der Waals surface area (Å²) >= 11 is 2.05. The molecule has 0 saturated heterocycles. The molecule has 0 saturated carbocycles. The molecule has 0 aromatic heterocycles. The summed E-state index contributed by atoms with van der Waals surface area (Å²) in [5.74, 6) is 0.301. The van der Waals surface area contributed by atoms with Crippen LogP contribution < -0.4 is 5.32 Å². The molecule has 10 heavy (non-hydrogen) atoms. The molecule has 0 aliphatic rings. The summed E-state index contributed by atoms with van der Waals surface area (Å²) in [4.78, 5) is 11.1. The van der Waals surface area contributed by atoms with Crippen molar-refractivity contribution in [2.24, 2.45) is 5.92 Å². The van der Waals surface area contributed by atoms with E-state index in [-0.39, 0.29) is 15.7 Å². The lowest BCUT2D eigenvalue weighted by molar-refractivity contribution is -0.121. The zero-order valence-corrected chi connectivity index (χ0v) is 8.38. The highest BCUT2D eigenvalue weighted by molar-refractivity contribution is 14.1. The van der Waals surface area contributed by atoms with E-state index in [1.807, 2.05) is 13.8 Å². The standard InChI is InChI=1S/C7H12INO/c1-4-9-7(8)6(10)5(2)3/h4-5,7,9H,1H2,2-3H3. The van der Waals surface area contributed by atoms with Gasteiger partial charge in [-0.2, -0.15) is 0 Å². The first kappa shape index (κ1) is 9.94. The average molecular weight is 253 g/mol. The summed E-state index contributed by atoms with van der Waals surface area (Å²) in [7, 11) is 0. The summed E-state index contributed by atoms with van der Waals surface area (Å²) in [6.45, 7) is 7.25. The van der Waals surface area contributed by atoms with E-state index in [0.29, 0.717) is 0 Å². The monoisotopic (exact) mass is 253 g/mol. The molecule has 58 valence electrons. The SMILES string of the molecule is C=CNC(I)C(=O)C(C)C. The van der Waals surface area contributed by atoms with Crippen LogP contribution in [-0.2, 0) is 4.79 Å². The number of ketones is 1. The zero-order chi connectivity index (χ0) is 8.15. The van der Waals surface area contributed by atoms with Crippen molar-refractivity contribution in [3.05, 3.63) is 12.8 Å². The van der Waals surface area contributed by atoms with E-state index < -0.39 is 0 Å². The van der Waals surface area contributed by atoms with Gasteiger partial charge >= 0.3 is 0 Å². The first-order valence-corrected chi connectivity index (χ1v) is 4.39. The summed E-state index contributed by atoms with van der Waals surface area (Å²) < 4.78 is -0.130. The molecule has 1 unspecified atom stereocenters. The minimum atomic E-state index is -0.130. The summed E-state index contributed by atoms with van der Waals surface area (Å²) in [5, 5.41) is 2.83. The molecular weight excluding hydrogens is 241 g/mol. The van der Waals surface area contributed by atoms with Gasteiger partial charge in [-0.3, -0.25) is 4.79 Å². The molecule has 0 aliphatic carbocycles. The fourth-order valence-electron chi connectivity index (χ4n) is 0.478. The van der Waals surface area contributed by atoms with Gasteiger partial charge in [0.15, 0.2) is 5.78 Å². The molecule has 1 N–H and O–H groups in total. The number of alkyl halides is 1. The Morgan fingerprint density at radius 1 is 1.70 bits per heavy atom. The van der Waals surface area contributed by atoms with Gasteiger partial charge in [-0.05, 0) is 6.20 Å². The number of nitrogens with one attached hydrogen (secondary N) is 1. The molecule has 1 atom stereocenters. The van der Waals surface area contributed by atoms with Crippen LogP contribution in [0.4, 0.5) is 0 Å². The number of hydrogen-bond donors (Lipinski definition) is 1. The zero-order valence-electron chi connectivity index (χ0n) is 6.23. The van der Waals surface area contributed by atoms with Crippen LogP contribution in [0.1, 0.15) is 13.8 Å². The van der Waals surface area contributed by atoms with Crippen LogP contribution in [0.2, 0.25) is 0 Å². The second-order valence-corrected chi connectivity index (χ2v) is 3.54. The highest BCUT2D eigenvalue weighted by Crippen LogP contribution is 2.05. The highest BCUT2D eigenvalue weighted by atomic mass is 127. The Labute approximate surface area is 75.2 Å². The van der Waals surface area contributed by atoms with Crippen LogP contribution in [0.25, 0.3) is 0 Å². The molecule has 0 rings (SSSR count). The lowest BCUT2D eigenvalue weighted by Crippen LogP contribution is -2.30. The Morgan fingerprint density at radius 3 is 2.50 bits per heavy atom. The fourth-order valence-corrected chi connectivity index (χ4v) is 1.45. The van der Waals surface area contributed by atoms with Gasteiger partial charge in [-0.1, -0.05) is 43.0 Å². The van der Waals surface area contributed by atoms with Crippen LogP contribution in [0.5, 0.6) is 0 Å². The molecule has 0 amide bonds. The number of halogens is 1.